The second kappa shape index (κ2) is 12.1. The third-order valence-electron chi connectivity index (χ3n) is 4.95. The zero-order chi connectivity index (χ0) is 24.5. The minimum absolute atomic E-state index is 0.103. The van der Waals surface area contributed by atoms with E-state index in [1.807, 2.05) is 11.0 Å². The van der Waals surface area contributed by atoms with Crippen molar-refractivity contribution < 1.29 is 14.3 Å². The molecule has 0 aromatic carbocycles. The van der Waals surface area contributed by atoms with Gasteiger partial charge in [0, 0.05) is 32.4 Å². The van der Waals surface area contributed by atoms with Crippen LogP contribution in [-0.2, 0) is 20.9 Å². The number of amides is 2. The van der Waals surface area contributed by atoms with E-state index in [1.54, 1.807) is 32.0 Å². The first-order valence-electron chi connectivity index (χ1n) is 10.9. The summed E-state index contributed by atoms with van der Waals surface area (Å²) in [4.78, 5) is 43.7. The molecule has 0 saturated carbocycles. The van der Waals surface area contributed by atoms with Crippen molar-refractivity contribution in [3.8, 4) is 6.07 Å². The van der Waals surface area contributed by atoms with E-state index in [-0.39, 0.29) is 23.6 Å². The molecule has 2 aromatic heterocycles. The fourth-order valence-corrected chi connectivity index (χ4v) is 4.39. The average molecular weight is 486 g/mol. The van der Waals surface area contributed by atoms with Crippen molar-refractivity contribution >= 4 is 46.6 Å². The van der Waals surface area contributed by atoms with Gasteiger partial charge in [-0.2, -0.15) is 5.26 Å². The van der Waals surface area contributed by atoms with Crippen molar-refractivity contribution in [2.45, 2.75) is 20.4 Å². The Labute approximate surface area is 200 Å². The molecule has 0 atom stereocenters. The summed E-state index contributed by atoms with van der Waals surface area (Å²) in [7, 11) is 0. The van der Waals surface area contributed by atoms with Crippen molar-refractivity contribution in [1.82, 2.24) is 19.8 Å². The van der Waals surface area contributed by atoms with Gasteiger partial charge in [-0.1, -0.05) is 6.07 Å². The highest BCUT2D eigenvalue weighted by molar-refractivity contribution is 7.07. The molecular formula is C22H27N7O4S. The number of pyridine rings is 1. The number of thiazole rings is 1. The van der Waals surface area contributed by atoms with Crippen molar-refractivity contribution in [2.24, 2.45) is 0 Å². The standard InChI is InChI=1S/C22H27N7O4S/c1-3-24-20(31)15(12-23)22-29(4-2)21(32)16(34-22)13-25-17-6-5-7-18(26-17)27-19(30)14-28-8-10-33-11-9-28/h5-7,13H,3-4,8-11,14H2,1-2H3,(H,24,31)(H2,25,26,27,30)/b16-13+,22-15-. The molecule has 3 heterocycles. The Bertz CT molecular complexity index is 1260. The van der Waals surface area contributed by atoms with Gasteiger partial charge < -0.3 is 20.7 Å². The van der Waals surface area contributed by atoms with Gasteiger partial charge in [-0.25, -0.2) is 4.98 Å². The Kier molecular flexibility index (Phi) is 8.92. The largest absolute Gasteiger partial charge is 0.379 e. The summed E-state index contributed by atoms with van der Waals surface area (Å²) in [6.07, 6.45) is 1.48. The summed E-state index contributed by atoms with van der Waals surface area (Å²) in [5.41, 5.74) is -0.421. The summed E-state index contributed by atoms with van der Waals surface area (Å²) in [5.74, 6) is 0.116. The number of ether oxygens (including phenoxy) is 1. The summed E-state index contributed by atoms with van der Waals surface area (Å²) in [6, 6.07) is 7.01. The first-order chi connectivity index (χ1) is 16.5. The van der Waals surface area contributed by atoms with Gasteiger partial charge in [0.05, 0.1) is 19.8 Å². The second-order valence-corrected chi connectivity index (χ2v) is 8.33. The summed E-state index contributed by atoms with van der Waals surface area (Å²) < 4.78 is 7.29. The number of nitrogens with zero attached hydrogens (tertiary/aromatic N) is 4. The monoisotopic (exact) mass is 485 g/mol. The van der Waals surface area contributed by atoms with Crippen LogP contribution < -0.4 is 30.7 Å². The van der Waals surface area contributed by atoms with E-state index in [0.717, 1.165) is 11.3 Å². The lowest BCUT2D eigenvalue weighted by Gasteiger charge is -2.25. The van der Waals surface area contributed by atoms with Gasteiger partial charge in [-0.05, 0) is 26.0 Å². The molecule has 3 N–H and O–H groups in total. The predicted molar refractivity (Wildman–Crippen MR) is 129 cm³/mol. The third kappa shape index (κ3) is 6.28. The number of rotatable bonds is 8. The van der Waals surface area contributed by atoms with Crippen molar-refractivity contribution in [3.05, 3.63) is 37.7 Å². The molecule has 0 spiro atoms. The molecule has 11 nitrogen and oxygen atoms in total. The molecule has 1 aliphatic heterocycles. The molecule has 1 aliphatic rings. The minimum Gasteiger partial charge on any atom is -0.379 e. The molecule has 3 rings (SSSR count). The van der Waals surface area contributed by atoms with Gasteiger partial charge in [-0.15, -0.1) is 11.3 Å². The number of aromatic nitrogens is 2. The van der Waals surface area contributed by atoms with E-state index in [2.05, 4.69) is 20.9 Å². The molecule has 0 radical (unpaired) electrons. The van der Waals surface area contributed by atoms with Gasteiger partial charge in [0.2, 0.25) is 5.91 Å². The first-order valence-corrected chi connectivity index (χ1v) is 11.7. The maximum Gasteiger partial charge on any atom is 0.270 e. The van der Waals surface area contributed by atoms with Crippen LogP contribution in [0.2, 0.25) is 0 Å². The summed E-state index contributed by atoms with van der Waals surface area (Å²) >= 11 is 1.05. The van der Waals surface area contributed by atoms with Crippen LogP contribution >= 0.6 is 11.3 Å². The van der Waals surface area contributed by atoms with Crippen LogP contribution in [0.4, 0.5) is 11.6 Å². The Morgan fingerprint density at radius 1 is 1.26 bits per heavy atom. The number of carbonyl (C=O) groups is 2. The maximum atomic E-state index is 12.8. The highest BCUT2D eigenvalue weighted by Gasteiger charge is 2.15. The van der Waals surface area contributed by atoms with Crippen LogP contribution in [0.3, 0.4) is 0 Å². The number of hydrogen-bond donors (Lipinski definition) is 3. The van der Waals surface area contributed by atoms with Crippen molar-refractivity contribution in [3.63, 3.8) is 0 Å². The molecular weight excluding hydrogens is 458 g/mol. The molecule has 34 heavy (non-hydrogen) atoms. The van der Waals surface area contributed by atoms with E-state index >= 15 is 0 Å². The van der Waals surface area contributed by atoms with Crippen LogP contribution in [0.25, 0.3) is 11.8 Å². The lowest BCUT2D eigenvalue weighted by molar-refractivity contribution is -0.118. The topological polar surface area (TPSA) is 141 Å². The van der Waals surface area contributed by atoms with Crippen LogP contribution in [0.1, 0.15) is 13.8 Å². The second-order valence-electron chi connectivity index (χ2n) is 7.30. The van der Waals surface area contributed by atoms with E-state index in [0.29, 0.717) is 60.2 Å². The highest BCUT2D eigenvalue weighted by atomic mass is 32.1. The highest BCUT2D eigenvalue weighted by Crippen LogP contribution is 2.09. The van der Waals surface area contributed by atoms with Gasteiger partial charge in [0.15, 0.2) is 5.57 Å². The molecule has 2 amide bonds. The molecule has 180 valence electrons. The minimum atomic E-state index is -0.518. The summed E-state index contributed by atoms with van der Waals surface area (Å²) in [5, 5.41) is 17.8. The Morgan fingerprint density at radius 2 is 2.00 bits per heavy atom. The lowest BCUT2D eigenvalue weighted by atomic mass is 10.3. The number of nitrogens with one attached hydrogen (secondary N) is 3. The van der Waals surface area contributed by atoms with Crippen LogP contribution in [0.15, 0.2) is 23.0 Å². The molecule has 0 aliphatic carbocycles. The van der Waals surface area contributed by atoms with Crippen LogP contribution in [-0.4, -0.2) is 65.7 Å². The number of carbonyl (C=O) groups excluding carboxylic acids is 2. The molecule has 1 saturated heterocycles. The molecule has 1 fully saturated rings. The number of anilines is 2. The van der Waals surface area contributed by atoms with Crippen LogP contribution in [0.5, 0.6) is 0 Å². The van der Waals surface area contributed by atoms with Gasteiger partial charge in [0.25, 0.3) is 11.5 Å². The Balaban J connectivity index is 1.80. The lowest BCUT2D eigenvalue weighted by Crippen LogP contribution is -2.41. The van der Waals surface area contributed by atoms with Crippen molar-refractivity contribution in [1.29, 1.82) is 5.26 Å². The van der Waals surface area contributed by atoms with E-state index in [9.17, 15) is 19.6 Å². The zero-order valence-electron chi connectivity index (χ0n) is 19.1. The number of morpholine rings is 1. The fourth-order valence-electron chi connectivity index (χ4n) is 3.31. The summed E-state index contributed by atoms with van der Waals surface area (Å²) in [6.45, 7) is 7.11. The zero-order valence-corrected chi connectivity index (χ0v) is 19.9. The number of nitriles is 1. The first kappa shape index (κ1) is 25.1. The quantitative estimate of drug-likeness (QED) is 0.444. The maximum absolute atomic E-state index is 12.8. The average Bonchev–Trinajstić information content (AvgIpc) is 3.14. The molecule has 0 bridgehead atoms. The van der Waals surface area contributed by atoms with Crippen molar-refractivity contribution in [2.75, 3.05) is 50.0 Å². The molecule has 12 heteroatoms. The Hall–Kier alpha value is -3.53. The van der Waals surface area contributed by atoms with Gasteiger partial charge in [0.1, 0.15) is 26.9 Å². The third-order valence-corrected chi connectivity index (χ3v) is 6.08. The fraction of sp³-hybridized carbons (Fsp3) is 0.409. The predicted octanol–water partition coefficient (Wildman–Crippen LogP) is -0.744. The molecule has 0 unspecified atom stereocenters. The van der Waals surface area contributed by atoms with Gasteiger partial charge >= 0.3 is 0 Å². The van der Waals surface area contributed by atoms with Gasteiger partial charge in [-0.3, -0.25) is 23.9 Å². The molecule has 2 aromatic rings. The van der Waals surface area contributed by atoms with E-state index in [1.165, 1.54) is 10.8 Å². The van der Waals surface area contributed by atoms with E-state index < -0.39 is 5.91 Å². The SMILES string of the molecule is CCNC(=O)/C(C#N)=c1\s/c(=C/Nc2cccc(NC(=O)CN3CCOCC3)n2)c(=O)n1CC. The Morgan fingerprint density at radius 3 is 2.68 bits per heavy atom. The smallest absolute Gasteiger partial charge is 0.270 e. The number of hydrogen-bond acceptors (Lipinski definition) is 9. The normalized spacial score (nSPS) is 15.4. The van der Waals surface area contributed by atoms with E-state index in [4.69, 9.17) is 4.74 Å². The van der Waals surface area contributed by atoms with Crippen LogP contribution in [0, 0.1) is 11.3 Å².